The third-order valence-corrected chi connectivity index (χ3v) is 7.46. The molecule has 35 heavy (non-hydrogen) atoms. The summed E-state index contributed by atoms with van der Waals surface area (Å²) in [5.41, 5.74) is 3.58. The summed E-state index contributed by atoms with van der Waals surface area (Å²) in [4.78, 5) is 23.1. The molecule has 0 amide bonds. The van der Waals surface area contributed by atoms with Gasteiger partial charge >= 0.3 is 0 Å². The van der Waals surface area contributed by atoms with Crippen molar-refractivity contribution < 1.29 is 14.6 Å². The van der Waals surface area contributed by atoms with Crippen LogP contribution in [0.4, 0.5) is 0 Å². The van der Waals surface area contributed by atoms with Crippen LogP contribution in [0.1, 0.15) is 51.1 Å². The highest BCUT2D eigenvalue weighted by Crippen LogP contribution is 2.30. The van der Waals surface area contributed by atoms with Gasteiger partial charge in [0.25, 0.3) is 5.56 Å². The molecule has 0 spiro atoms. The summed E-state index contributed by atoms with van der Waals surface area (Å²) < 4.78 is 12.6. The van der Waals surface area contributed by atoms with Gasteiger partial charge in [-0.05, 0) is 68.5 Å². The first-order valence-electron chi connectivity index (χ1n) is 12.4. The Bertz CT molecular complexity index is 1370. The van der Waals surface area contributed by atoms with E-state index >= 15 is 0 Å². The summed E-state index contributed by atoms with van der Waals surface area (Å²) >= 11 is 0. The van der Waals surface area contributed by atoms with E-state index in [9.17, 15) is 9.90 Å². The Labute approximate surface area is 205 Å². The van der Waals surface area contributed by atoms with E-state index in [1.165, 1.54) is 5.57 Å². The topological polar surface area (TPSA) is 85.9 Å². The van der Waals surface area contributed by atoms with Crippen molar-refractivity contribution >= 4 is 27.4 Å². The van der Waals surface area contributed by atoms with Crippen LogP contribution in [0.2, 0.25) is 0 Å². The van der Waals surface area contributed by atoms with Crippen molar-refractivity contribution in [2.75, 3.05) is 20.3 Å². The molecule has 1 saturated heterocycles. The number of benzene rings is 2. The van der Waals surface area contributed by atoms with E-state index in [0.29, 0.717) is 23.9 Å². The van der Waals surface area contributed by atoms with Crippen LogP contribution >= 0.6 is 0 Å². The second-order valence-corrected chi connectivity index (χ2v) is 10.0. The Hall–Kier alpha value is -2.87. The second kappa shape index (κ2) is 9.64. The molecule has 5 rings (SSSR count). The van der Waals surface area contributed by atoms with Gasteiger partial charge in [-0.2, -0.15) is 0 Å². The van der Waals surface area contributed by atoms with Gasteiger partial charge in [0.05, 0.1) is 36.0 Å². The quantitative estimate of drug-likeness (QED) is 0.555. The number of methoxy groups -OCH3 is 1. The number of aliphatic imine (C=N–C) groups is 1. The summed E-state index contributed by atoms with van der Waals surface area (Å²) in [5, 5.41) is 13.1. The van der Waals surface area contributed by atoms with Crippen LogP contribution in [0.25, 0.3) is 21.7 Å². The van der Waals surface area contributed by atoms with Crippen LogP contribution < -0.4 is 5.56 Å². The molecular formula is C28H33N3O4. The van der Waals surface area contributed by atoms with Crippen molar-refractivity contribution in [1.82, 2.24) is 9.55 Å². The first kappa shape index (κ1) is 23.9. The molecule has 2 aliphatic heterocycles. The molecule has 2 aromatic carbocycles. The molecule has 1 fully saturated rings. The zero-order chi connectivity index (χ0) is 24.6. The smallest absolute Gasteiger partial charge is 0.261 e. The zero-order valence-corrected chi connectivity index (χ0v) is 20.7. The minimum Gasteiger partial charge on any atom is -0.389 e. The van der Waals surface area contributed by atoms with Gasteiger partial charge in [0.1, 0.15) is 5.60 Å². The maximum absolute atomic E-state index is 13.6. The first-order valence-corrected chi connectivity index (χ1v) is 12.4. The lowest BCUT2D eigenvalue weighted by Gasteiger charge is -2.29. The van der Waals surface area contributed by atoms with Crippen LogP contribution in [0.5, 0.6) is 0 Å². The molecule has 1 N–H and O–H groups in total. The molecule has 1 aromatic heterocycles. The largest absolute Gasteiger partial charge is 0.389 e. The van der Waals surface area contributed by atoms with Crippen LogP contribution in [-0.2, 0) is 15.9 Å². The number of allylic oxidation sites excluding steroid dienone is 1. The Kier molecular flexibility index (Phi) is 6.57. The lowest BCUT2D eigenvalue weighted by Crippen LogP contribution is -2.39. The molecule has 3 aromatic rings. The van der Waals surface area contributed by atoms with E-state index in [-0.39, 0.29) is 23.8 Å². The predicted molar refractivity (Wildman–Crippen MR) is 138 cm³/mol. The normalized spacial score (nSPS) is 21.6. The molecule has 0 radical (unpaired) electrons. The number of nitrogens with zero attached hydrogens (tertiary/aromatic N) is 3. The van der Waals surface area contributed by atoms with Crippen molar-refractivity contribution in [1.29, 1.82) is 0 Å². The predicted octanol–water partition coefficient (Wildman–Crippen LogP) is 4.35. The van der Waals surface area contributed by atoms with Crippen LogP contribution in [0.3, 0.4) is 0 Å². The van der Waals surface area contributed by atoms with Gasteiger partial charge in [-0.15, -0.1) is 0 Å². The molecule has 184 valence electrons. The van der Waals surface area contributed by atoms with Crippen molar-refractivity contribution in [3.63, 3.8) is 0 Å². The monoisotopic (exact) mass is 475 g/mol. The maximum atomic E-state index is 13.6. The van der Waals surface area contributed by atoms with E-state index in [0.717, 1.165) is 47.7 Å². The SMILES string of the molecule is COC(C)(C)C1=NC=C(Cc2cc3c(=O)n(C4CCOCC4O)cnc3c3ccccc23)CCC1. The second-order valence-electron chi connectivity index (χ2n) is 10.0. The highest BCUT2D eigenvalue weighted by atomic mass is 16.5. The van der Waals surface area contributed by atoms with Gasteiger partial charge in [0.2, 0.25) is 0 Å². The van der Waals surface area contributed by atoms with Crippen LogP contribution in [0.15, 0.2) is 58.2 Å². The number of aliphatic hydroxyl groups is 1. The molecule has 7 heteroatoms. The van der Waals surface area contributed by atoms with Gasteiger partial charge in [-0.1, -0.05) is 24.3 Å². The number of rotatable bonds is 5. The molecule has 7 nitrogen and oxygen atoms in total. The average Bonchev–Trinajstić information content (AvgIpc) is 3.11. The van der Waals surface area contributed by atoms with Gasteiger partial charge in [-0.3, -0.25) is 14.4 Å². The molecule has 2 unspecified atom stereocenters. The van der Waals surface area contributed by atoms with E-state index < -0.39 is 6.10 Å². The Morgan fingerprint density at radius 1 is 1.20 bits per heavy atom. The number of hydrogen-bond acceptors (Lipinski definition) is 6. The molecular weight excluding hydrogens is 442 g/mol. The molecule has 0 aliphatic carbocycles. The Balaban J connectivity index is 1.60. The van der Waals surface area contributed by atoms with Crippen molar-refractivity contribution in [2.45, 2.75) is 63.7 Å². The lowest BCUT2D eigenvalue weighted by atomic mass is 9.93. The van der Waals surface area contributed by atoms with Crippen LogP contribution in [0, 0.1) is 0 Å². The molecule has 2 aliphatic rings. The zero-order valence-electron chi connectivity index (χ0n) is 20.7. The Morgan fingerprint density at radius 3 is 2.77 bits per heavy atom. The highest BCUT2D eigenvalue weighted by molar-refractivity contribution is 6.06. The van der Waals surface area contributed by atoms with E-state index in [2.05, 4.69) is 24.9 Å². The number of fused-ring (bicyclic) bond motifs is 3. The lowest BCUT2D eigenvalue weighted by molar-refractivity contribution is -0.0395. The third kappa shape index (κ3) is 4.56. The van der Waals surface area contributed by atoms with E-state index in [4.69, 9.17) is 14.5 Å². The highest BCUT2D eigenvalue weighted by Gasteiger charge is 2.27. The average molecular weight is 476 g/mol. The molecule has 0 bridgehead atoms. The third-order valence-electron chi connectivity index (χ3n) is 7.46. The van der Waals surface area contributed by atoms with Gasteiger partial charge < -0.3 is 14.6 Å². The minimum absolute atomic E-state index is 0.120. The molecule has 2 atom stereocenters. The number of aromatic nitrogens is 2. The molecule has 0 saturated carbocycles. The van der Waals surface area contributed by atoms with Crippen LogP contribution in [-0.4, -0.2) is 52.4 Å². The van der Waals surface area contributed by atoms with Gasteiger partial charge in [0.15, 0.2) is 0 Å². The standard InChI is InChI=1S/C28H33N3O4/c1-28(2,34-3)25-10-6-7-18(15-29-25)13-19-14-22-26(21-9-5-4-8-20(19)21)30-17-31(27(22)33)23-11-12-35-16-24(23)32/h4-5,8-9,14-15,17,23-24,32H,6-7,10-13,16H2,1-3H3. The van der Waals surface area contributed by atoms with E-state index in [1.54, 1.807) is 18.0 Å². The summed E-state index contributed by atoms with van der Waals surface area (Å²) in [6.07, 6.45) is 7.01. The summed E-state index contributed by atoms with van der Waals surface area (Å²) in [6, 6.07) is 9.79. The van der Waals surface area contributed by atoms with Gasteiger partial charge in [0, 0.05) is 31.0 Å². The maximum Gasteiger partial charge on any atom is 0.261 e. The molecule has 3 heterocycles. The summed E-state index contributed by atoms with van der Waals surface area (Å²) in [7, 11) is 1.72. The van der Waals surface area contributed by atoms with E-state index in [1.807, 2.05) is 30.5 Å². The first-order chi connectivity index (χ1) is 16.9. The van der Waals surface area contributed by atoms with Crippen molar-refractivity contribution in [2.24, 2.45) is 4.99 Å². The fourth-order valence-electron chi connectivity index (χ4n) is 5.20. The summed E-state index contributed by atoms with van der Waals surface area (Å²) in [6.45, 7) is 4.85. The Morgan fingerprint density at radius 2 is 2.00 bits per heavy atom. The fraction of sp³-hybridized carbons (Fsp3) is 0.464. The van der Waals surface area contributed by atoms with Gasteiger partial charge in [-0.25, -0.2) is 4.98 Å². The van der Waals surface area contributed by atoms with Crippen molar-refractivity contribution in [3.8, 4) is 0 Å². The number of ether oxygens (including phenoxy) is 2. The van der Waals surface area contributed by atoms with Crippen molar-refractivity contribution in [3.05, 3.63) is 64.3 Å². The number of hydrogen-bond donors (Lipinski definition) is 1. The minimum atomic E-state index is -0.722. The summed E-state index contributed by atoms with van der Waals surface area (Å²) in [5.74, 6) is 0. The number of aliphatic hydroxyl groups excluding tert-OH is 1. The fourth-order valence-corrected chi connectivity index (χ4v) is 5.20.